The molecule has 0 amide bonds. The monoisotopic (exact) mass is 233 g/mol. The molecule has 0 aliphatic heterocycles. The minimum Gasteiger partial charge on any atom is -0.387 e. The van der Waals surface area contributed by atoms with Crippen molar-refractivity contribution < 1.29 is 5.11 Å². The van der Waals surface area contributed by atoms with Gasteiger partial charge in [0.05, 0.1) is 6.10 Å². The zero-order valence-corrected chi connectivity index (χ0v) is 11.1. The van der Waals surface area contributed by atoms with Crippen LogP contribution >= 0.6 is 0 Å². The summed E-state index contributed by atoms with van der Waals surface area (Å²) < 4.78 is 0. The first kappa shape index (κ1) is 12.6. The van der Waals surface area contributed by atoms with E-state index < -0.39 is 0 Å². The highest BCUT2D eigenvalue weighted by Gasteiger charge is 2.33. The first-order valence-electron chi connectivity index (χ1n) is 6.50. The second kappa shape index (κ2) is 5.19. The van der Waals surface area contributed by atoms with Crippen LogP contribution in [0.25, 0.3) is 0 Å². The molecule has 2 rings (SSSR count). The van der Waals surface area contributed by atoms with Gasteiger partial charge in [-0.05, 0) is 43.4 Å². The van der Waals surface area contributed by atoms with Gasteiger partial charge in [-0.3, -0.25) is 0 Å². The minimum atomic E-state index is -0.366. The molecule has 3 atom stereocenters. The lowest BCUT2D eigenvalue weighted by atomic mass is 10.0. The predicted molar refractivity (Wildman–Crippen MR) is 70.9 cm³/mol. The normalized spacial score (nSPS) is 25.0. The molecule has 0 spiro atoms. The van der Waals surface area contributed by atoms with Gasteiger partial charge in [0.2, 0.25) is 0 Å². The van der Waals surface area contributed by atoms with Gasteiger partial charge in [0.1, 0.15) is 0 Å². The molecule has 0 aromatic heterocycles. The Bertz CT molecular complexity index is 377. The molecule has 0 heterocycles. The van der Waals surface area contributed by atoms with Crippen LogP contribution in [0.2, 0.25) is 0 Å². The van der Waals surface area contributed by atoms with Crippen molar-refractivity contribution in [1.82, 2.24) is 4.90 Å². The Balaban J connectivity index is 1.88. The van der Waals surface area contributed by atoms with Gasteiger partial charge in [-0.2, -0.15) is 0 Å². The van der Waals surface area contributed by atoms with E-state index in [9.17, 15) is 5.11 Å². The average molecular weight is 233 g/mol. The number of benzene rings is 1. The molecule has 0 saturated heterocycles. The summed E-state index contributed by atoms with van der Waals surface area (Å²) in [5.41, 5.74) is 2.23. The predicted octanol–water partition coefficient (Wildman–Crippen LogP) is 2.62. The number of aryl methyl sites for hydroxylation is 1. The smallest absolute Gasteiger partial charge is 0.0919 e. The summed E-state index contributed by atoms with van der Waals surface area (Å²) in [7, 11) is 2.10. The van der Waals surface area contributed by atoms with Crippen molar-refractivity contribution >= 4 is 0 Å². The van der Waals surface area contributed by atoms with E-state index in [0.717, 1.165) is 30.5 Å². The molecule has 0 bridgehead atoms. The lowest BCUT2D eigenvalue weighted by molar-refractivity contribution is 0.123. The van der Waals surface area contributed by atoms with E-state index in [1.165, 1.54) is 12.0 Å². The third kappa shape index (κ3) is 3.30. The summed E-state index contributed by atoms with van der Waals surface area (Å²) >= 11 is 0. The maximum absolute atomic E-state index is 10.2. The second-order valence-electron chi connectivity index (χ2n) is 5.57. The van der Waals surface area contributed by atoms with Gasteiger partial charge in [-0.25, -0.2) is 0 Å². The molecule has 1 saturated carbocycles. The molecule has 1 aromatic rings. The van der Waals surface area contributed by atoms with Crippen molar-refractivity contribution in [2.75, 3.05) is 20.1 Å². The molecule has 1 aliphatic rings. The van der Waals surface area contributed by atoms with E-state index in [2.05, 4.69) is 31.9 Å². The van der Waals surface area contributed by atoms with Gasteiger partial charge < -0.3 is 10.0 Å². The Hall–Kier alpha value is -0.860. The van der Waals surface area contributed by atoms with Crippen molar-refractivity contribution in [3.63, 3.8) is 0 Å². The Morgan fingerprint density at radius 2 is 2.06 bits per heavy atom. The summed E-state index contributed by atoms with van der Waals surface area (Å²) in [6.07, 6.45) is 0.986. The van der Waals surface area contributed by atoms with Crippen molar-refractivity contribution in [3.8, 4) is 0 Å². The molecule has 2 nitrogen and oxygen atoms in total. The van der Waals surface area contributed by atoms with E-state index in [0.29, 0.717) is 0 Å². The van der Waals surface area contributed by atoms with Crippen LogP contribution in [-0.2, 0) is 0 Å². The zero-order chi connectivity index (χ0) is 12.4. The Labute approximate surface area is 104 Å². The molecule has 94 valence electrons. The maximum atomic E-state index is 10.2. The summed E-state index contributed by atoms with van der Waals surface area (Å²) in [5, 5.41) is 10.2. The molecular formula is C15H23NO. The van der Waals surface area contributed by atoms with Crippen LogP contribution in [0, 0.1) is 18.8 Å². The highest BCUT2D eigenvalue weighted by Crippen LogP contribution is 2.38. The molecule has 1 aromatic carbocycles. The minimum absolute atomic E-state index is 0.366. The van der Waals surface area contributed by atoms with Crippen molar-refractivity contribution in [3.05, 3.63) is 35.4 Å². The number of rotatable bonds is 5. The molecule has 1 aliphatic carbocycles. The Morgan fingerprint density at radius 3 is 2.65 bits per heavy atom. The quantitative estimate of drug-likeness (QED) is 0.845. The lowest BCUT2D eigenvalue weighted by Gasteiger charge is -2.21. The van der Waals surface area contributed by atoms with Gasteiger partial charge in [0.25, 0.3) is 0 Å². The van der Waals surface area contributed by atoms with E-state index in [4.69, 9.17) is 0 Å². The Kier molecular flexibility index (Phi) is 3.85. The Morgan fingerprint density at radius 1 is 1.41 bits per heavy atom. The van der Waals surface area contributed by atoms with Gasteiger partial charge >= 0.3 is 0 Å². The fourth-order valence-corrected chi connectivity index (χ4v) is 2.48. The standard InChI is InChI=1S/C15H23NO/c1-11-6-4-5-7-14(11)15(17)10-16(3)9-13-8-12(13)2/h4-7,12-13,15,17H,8-10H2,1-3H3. The van der Waals surface area contributed by atoms with Crippen molar-refractivity contribution in [2.45, 2.75) is 26.4 Å². The molecular weight excluding hydrogens is 210 g/mol. The number of hydrogen-bond donors (Lipinski definition) is 1. The molecule has 3 unspecified atom stereocenters. The van der Waals surface area contributed by atoms with Crippen molar-refractivity contribution in [2.24, 2.45) is 11.8 Å². The number of nitrogens with zero attached hydrogens (tertiary/aromatic N) is 1. The summed E-state index contributed by atoms with van der Waals surface area (Å²) in [5.74, 6) is 1.73. The number of aliphatic hydroxyl groups is 1. The first-order chi connectivity index (χ1) is 8.08. The fourth-order valence-electron chi connectivity index (χ4n) is 2.48. The summed E-state index contributed by atoms with van der Waals surface area (Å²) in [4.78, 5) is 2.26. The molecule has 17 heavy (non-hydrogen) atoms. The van der Waals surface area contributed by atoms with Crippen LogP contribution in [0.15, 0.2) is 24.3 Å². The molecule has 1 N–H and O–H groups in total. The van der Waals surface area contributed by atoms with Crippen LogP contribution in [0.4, 0.5) is 0 Å². The molecule has 0 radical (unpaired) electrons. The molecule has 1 fully saturated rings. The van der Waals surface area contributed by atoms with Gasteiger partial charge in [0.15, 0.2) is 0 Å². The van der Waals surface area contributed by atoms with E-state index in [1.54, 1.807) is 0 Å². The molecule has 2 heteroatoms. The fraction of sp³-hybridized carbons (Fsp3) is 0.600. The van der Waals surface area contributed by atoms with Crippen LogP contribution in [0.5, 0.6) is 0 Å². The third-order valence-corrected chi connectivity index (χ3v) is 3.85. The van der Waals surface area contributed by atoms with Gasteiger partial charge in [-0.15, -0.1) is 0 Å². The van der Waals surface area contributed by atoms with E-state index >= 15 is 0 Å². The highest BCUT2D eigenvalue weighted by atomic mass is 16.3. The largest absolute Gasteiger partial charge is 0.387 e. The van der Waals surface area contributed by atoms with Crippen LogP contribution in [0.1, 0.15) is 30.6 Å². The number of hydrogen-bond acceptors (Lipinski definition) is 2. The van der Waals surface area contributed by atoms with Gasteiger partial charge in [-0.1, -0.05) is 31.2 Å². The summed E-state index contributed by atoms with van der Waals surface area (Å²) in [6.45, 7) is 6.20. The zero-order valence-electron chi connectivity index (χ0n) is 11.1. The number of aliphatic hydroxyl groups excluding tert-OH is 1. The lowest BCUT2D eigenvalue weighted by Crippen LogP contribution is -2.27. The van der Waals surface area contributed by atoms with Crippen LogP contribution in [-0.4, -0.2) is 30.1 Å². The van der Waals surface area contributed by atoms with Crippen LogP contribution < -0.4 is 0 Å². The average Bonchev–Trinajstić information content (AvgIpc) is 2.94. The number of likely N-dealkylation sites (N-methyl/N-ethyl adjacent to an activating group) is 1. The first-order valence-corrected chi connectivity index (χ1v) is 6.50. The van der Waals surface area contributed by atoms with Gasteiger partial charge in [0, 0.05) is 13.1 Å². The second-order valence-corrected chi connectivity index (χ2v) is 5.57. The third-order valence-electron chi connectivity index (χ3n) is 3.85. The van der Waals surface area contributed by atoms with Crippen LogP contribution in [0.3, 0.4) is 0 Å². The van der Waals surface area contributed by atoms with Crippen molar-refractivity contribution in [1.29, 1.82) is 0 Å². The SMILES string of the molecule is Cc1ccccc1C(O)CN(C)CC1CC1C. The summed E-state index contributed by atoms with van der Waals surface area (Å²) in [6, 6.07) is 8.09. The topological polar surface area (TPSA) is 23.5 Å². The maximum Gasteiger partial charge on any atom is 0.0919 e. The van der Waals surface area contributed by atoms with E-state index in [-0.39, 0.29) is 6.10 Å². The van der Waals surface area contributed by atoms with E-state index in [1.807, 2.05) is 18.2 Å². The highest BCUT2D eigenvalue weighted by molar-refractivity contribution is 5.27.